The Hall–Kier alpha value is -0.610. The normalized spacial score (nSPS) is 48.6. The van der Waals surface area contributed by atoms with Crippen molar-refractivity contribution in [1.82, 2.24) is 10.6 Å². The largest absolute Gasteiger partial charge is 0.390 e. The highest BCUT2D eigenvalue weighted by atomic mass is 16.3. The van der Waals surface area contributed by atoms with Gasteiger partial charge in [-0.1, -0.05) is 0 Å². The number of aliphatic hydroxyl groups is 1. The van der Waals surface area contributed by atoms with Gasteiger partial charge in [0.1, 0.15) is 0 Å². The lowest BCUT2D eigenvalue weighted by molar-refractivity contribution is -0.124. The Morgan fingerprint density at radius 2 is 2.29 bits per heavy atom. The molecule has 3 fully saturated rings. The van der Waals surface area contributed by atoms with E-state index in [4.69, 9.17) is 0 Å². The molecular weight excluding hydrogens is 216 g/mol. The molecule has 1 amide bonds. The van der Waals surface area contributed by atoms with Crippen LogP contribution in [0, 0.1) is 5.92 Å². The number of hydrogen-bond donors (Lipinski definition) is 3. The van der Waals surface area contributed by atoms with Gasteiger partial charge in [-0.3, -0.25) is 4.79 Å². The Balaban J connectivity index is 1.50. The SMILES string of the molecule is CC1(O)CCCC(NC(=O)[C@@H]2C[C@H]3C[C@H]3N2)C1. The van der Waals surface area contributed by atoms with Crippen LogP contribution < -0.4 is 10.6 Å². The van der Waals surface area contributed by atoms with Crippen molar-refractivity contribution in [2.45, 2.75) is 69.2 Å². The van der Waals surface area contributed by atoms with E-state index in [9.17, 15) is 9.90 Å². The standard InChI is InChI=1S/C13H22N2O2/c1-13(17)4-2-3-9(7-13)14-12(16)11-6-8-5-10(8)15-11/h8-11,15,17H,2-7H2,1H3,(H,14,16)/t8-,9?,10-,11+,13?/m1/s1. The van der Waals surface area contributed by atoms with Crippen LogP contribution in [0.5, 0.6) is 0 Å². The monoisotopic (exact) mass is 238 g/mol. The smallest absolute Gasteiger partial charge is 0.237 e. The van der Waals surface area contributed by atoms with E-state index in [-0.39, 0.29) is 18.0 Å². The maximum Gasteiger partial charge on any atom is 0.237 e. The number of carbonyl (C=O) groups excluding carboxylic acids is 1. The average molecular weight is 238 g/mol. The topological polar surface area (TPSA) is 61.4 Å². The quantitative estimate of drug-likeness (QED) is 0.658. The zero-order valence-corrected chi connectivity index (χ0v) is 10.4. The van der Waals surface area contributed by atoms with Gasteiger partial charge in [0.2, 0.25) is 5.91 Å². The molecule has 0 spiro atoms. The van der Waals surface area contributed by atoms with Gasteiger partial charge in [0.05, 0.1) is 11.6 Å². The van der Waals surface area contributed by atoms with Crippen LogP contribution in [0.25, 0.3) is 0 Å². The molecule has 3 rings (SSSR count). The van der Waals surface area contributed by atoms with Gasteiger partial charge in [-0.25, -0.2) is 0 Å². The van der Waals surface area contributed by atoms with Gasteiger partial charge in [0.15, 0.2) is 0 Å². The molecule has 3 aliphatic rings. The first-order valence-corrected chi connectivity index (χ1v) is 6.82. The average Bonchev–Trinajstić information content (AvgIpc) is 2.84. The molecule has 1 saturated heterocycles. The van der Waals surface area contributed by atoms with E-state index < -0.39 is 5.60 Å². The third-order valence-electron chi connectivity index (χ3n) is 4.49. The first kappa shape index (κ1) is 11.5. The highest BCUT2D eigenvalue weighted by Crippen LogP contribution is 2.40. The molecular formula is C13H22N2O2. The lowest BCUT2D eigenvalue weighted by Gasteiger charge is -2.34. The van der Waals surface area contributed by atoms with E-state index in [0.717, 1.165) is 31.6 Å². The van der Waals surface area contributed by atoms with Crippen LogP contribution in [-0.2, 0) is 4.79 Å². The first-order chi connectivity index (χ1) is 8.03. The van der Waals surface area contributed by atoms with Crippen molar-refractivity contribution in [3.63, 3.8) is 0 Å². The fourth-order valence-corrected chi connectivity index (χ4v) is 3.41. The number of rotatable bonds is 2. The Labute approximate surface area is 102 Å². The summed E-state index contributed by atoms with van der Waals surface area (Å²) < 4.78 is 0. The van der Waals surface area contributed by atoms with Gasteiger partial charge in [0, 0.05) is 12.1 Å². The minimum atomic E-state index is -0.596. The summed E-state index contributed by atoms with van der Waals surface area (Å²) in [7, 11) is 0. The molecule has 2 saturated carbocycles. The second kappa shape index (κ2) is 3.95. The van der Waals surface area contributed by atoms with E-state index in [1.54, 1.807) is 0 Å². The van der Waals surface area contributed by atoms with Crippen LogP contribution in [0.1, 0.15) is 45.4 Å². The molecule has 0 bridgehead atoms. The highest BCUT2D eigenvalue weighted by molar-refractivity contribution is 5.82. The third kappa shape index (κ3) is 2.47. The molecule has 2 unspecified atom stereocenters. The Morgan fingerprint density at radius 3 is 2.94 bits per heavy atom. The number of carbonyl (C=O) groups is 1. The summed E-state index contributed by atoms with van der Waals surface area (Å²) in [5.74, 6) is 0.889. The van der Waals surface area contributed by atoms with Crippen LogP contribution in [0.15, 0.2) is 0 Å². The Bertz CT molecular complexity index is 319. The molecule has 4 nitrogen and oxygen atoms in total. The second-order valence-electron chi connectivity index (χ2n) is 6.36. The zero-order valence-electron chi connectivity index (χ0n) is 10.4. The van der Waals surface area contributed by atoms with E-state index in [0.29, 0.717) is 12.5 Å². The maximum atomic E-state index is 12.0. The van der Waals surface area contributed by atoms with E-state index in [2.05, 4.69) is 10.6 Å². The summed E-state index contributed by atoms with van der Waals surface area (Å²) >= 11 is 0. The molecule has 0 aromatic carbocycles. The fourth-order valence-electron chi connectivity index (χ4n) is 3.41. The van der Waals surface area contributed by atoms with Crippen LogP contribution in [0.4, 0.5) is 0 Å². The van der Waals surface area contributed by atoms with Crippen molar-refractivity contribution in [1.29, 1.82) is 0 Å². The molecule has 17 heavy (non-hydrogen) atoms. The van der Waals surface area contributed by atoms with Crippen molar-refractivity contribution in [3.05, 3.63) is 0 Å². The van der Waals surface area contributed by atoms with E-state index in [1.807, 2.05) is 6.92 Å². The van der Waals surface area contributed by atoms with E-state index in [1.165, 1.54) is 6.42 Å². The zero-order chi connectivity index (χ0) is 12.0. The number of hydrogen-bond acceptors (Lipinski definition) is 3. The van der Waals surface area contributed by atoms with Gasteiger partial charge in [-0.2, -0.15) is 0 Å². The molecule has 0 aromatic rings. The maximum absolute atomic E-state index is 12.0. The van der Waals surface area contributed by atoms with Gasteiger partial charge < -0.3 is 15.7 Å². The Kier molecular flexibility index (Phi) is 2.67. The summed E-state index contributed by atoms with van der Waals surface area (Å²) in [4.78, 5) is 12.0. The summed E-state index contributed by atoms with van der Waals surface area (Å²) in [6.07, 6.45) is 5.80. The molecule has 3 N–H and O–H groups in total. The summed E-state index contributed by atoms with van der Waals surface area (Å²) in [5, 5.41) is 16.5. The first-order valence-electron chi connectivity index (χ1n) is 6.82. The molecule has 1 aliphatic heterocycles. The third-order valence-corrected chi connectivity index (χ3v) is 4.49. The fraction of sp³-hybridized carbons (Fsp3) is 0.923. The van der Waals surface area contributed by atoms with Gasteiger partial charge >= 0.3 is 0 Å². The number of piperidine rings is 1. The number of nitrogens with one attached hydrogen (secondary N) is 2. The lowest BCUT2D eigenvalue weighted by Crippen LogP contribution is -2.50. The molecule has 4 heteroatoms. The minimum absolute atomic E-state index is 0.0191. The number of fused-ring (bicyclic) bond motifs is 1. The lowest BCUT2D eigenvalue weighted by atomic mass is 9.83. The molecule has 0 radical (unpaired) electrons. The Morgan fingerprint density at radius 1 is 1.47 bits per heavy atom. The predicted molar refractivity (Wildman–Crippen MR) is 64.5 cm³/mol. The van der Waals surface area contributed by atoms with Crippen molar-refractivity contribution < 1.29 is 9.90 Å². The number of amides is 1. The summed E-state index contributed by atoms with van der Waals surface area (Å²) in [6, 6.07) is 0.788. The van der Waals surface area contributed by atoms with Gasteiger partial charge in [0.25, 0.3) is 0 Å². The van der Waals surface area contributed by atoms with Crippen LogP contribution in [0.3, 0.4) is 0 Å². The van der Waals surface area contributed by atoms with Crippen molar-refractivity contribution in [3.8, 4) is 0 Å². The summed E-state index contributed by atoms with van der Waals surface area (Å²) in [6.45, 7) is 1.87. The molecule has 96 valence electrons. The minimum Gasteiger partial charge on any atom is -0.390 e. The summed E-state index contributed by atoms with van der Waals surface area (Å²) in [5.41, 5.74) is -0.596. The highest BCUT2D eigenvalue weighted by Gasteiger charge is 2.48. The molecule has 1 heterocycles. The van der Waals surface area contributed by atoms with Crippen molar-refractivity contribution in [2.24, 2.45) is 5.92 Å². The molecule has 0 aromatic heterocycles. The van der Waals surface area contributed by atoms with E-state index >= 15 is 0 Å². The van der Waals surface area contributed by atoms with Crippen LogP contribution in [-0.4, -0.2) is 34.7 Å². The van der Waals surface area contributed by atoms with Crippen molar-refractivity contribution in [2.75, 3.05) is 0 Å². The van der Waals surface area contributed by atoms with Gasteiger partial charge in [-0.15, -0.1) is 0 Å². The predicted octanol–water partition coefficient (Wildman–Crippen LogP) is 0.547. The second-order valence-corrected chi connectivity index (χ2v) is 6.36. The van der Waals surface area contributed by atoms with Crippen LogP contribution >= 0.6 is 0 Å². The molecule has 2 aliphatic carbocycles. The van der Waals surface area contributed by atoms with Gasteiger partial charge in [-0.05, 0) is 51.4 Å². The van der Waals surface area contributed by atoms with Crippen molar-refractivity contribution >= 4 is 5.91 Å². The molecule has 5 atom stereocenters. The van der Waals surface area contributed by atoms with Crippen LogP contribution in [0.2, 0.25) is 0 Å².